The topological polar surface area (TPSA) is 64.6 Å². The average Bonchev–Trinajstić information content (AvgIpc) is 2.92. The molecule has 39 heavy (non-hydrogen) atoms. The van der Waals surface area contributed by atoms with Crippen LogP contribution in [0.1, 0.15) is 34.8 Å². The molecule has 0 spiro atoms. The van der Waals surface area contributed by atoms with Crippen LogP contribution in [0, 0.1) is 5.92 Å². The first-order chi connectivity index (χ1) is 18.7. The number of hydrogen-bond acceptors (Lipinski definition) is 5. The summed E-state index contributed by atoms with van der Waals surface area (Å²) in [4.78, 5) is 26.6. The summed E-state index contributed by atoms with van der Waals surface area (Å²) in [5.41, 5.74) is 1.58. The van der Waals surface area contributed by atoms with Crippen molar-refractivity contribution in [2.24, 2.45) is 5.92 Å². The smallest absolute Gasteiger partial charge is 0.454 e. The first kappa shape index (κ1) is 26.7. The number of ether oxygens (including phenoxy) is 2. The highest BCUT2D eigenvalue weighted by atomic mass is 19.4. The zero-order chi connectivity index (χ0) is 27.5. The van der Waals surface area contributed by atoms with Gasteiger partial charge in [-0.05, 0) is 17.7 Å². The van der Waals surface area contributed by atoms with Gasteiger partial charge in [0.2, 0.25) is 5.78 Å². The Kier molecular flexibility index (Phi) is 7.61. The summed E-state index contributed by atoms with van der Waals surface area (Å²) in [6.45, 7) is 2.65. The SMILES string of the molecule is O=C(C[N+]12CCC(CC1)[C@@H](OC(=O)C(Nc1cccc(OC(F)(F)F)c1)c1ccccc1)C2)c1ccccc1. The van der Waals surface area contributed by atoms with Crippen LogP contribution in [0.3, 0.4) is 0 Å². The van der Waals surface area contributed by atoms with Crippen LogP contribution in [-0.2, 0) is 9.53 Å². The van der Waals surface area contributed by atoms with E-state index in [0.29, 0.717) is 28.7 Å². The molecule has 3 aromatic rings. The number of rotatable bonds is 9. The molecule has 6 rings (SSSR count). The van der Waals surface area contributed by atoms with E-state index in [1.54, 1.807) is 30.3 Å². The van der Waals surface area contributed by atoms with Crippen molar-refractivity contribution in [2.45, 2.75) is 31.3 Å². The van der Waals surface area contributed by atoms with Gasteiger partial charge in [0.05, 0.1) is 13.1 Å². The Morgan fingerprint density at radius 1 is 0.923 bits per heavy atom. The monoisotopic (exact) mass is 539 g/mol. The molecule has 3 heterocycles. The molecule has 3 fully saturated rings. The van der Waals surface area contributed by atoms with E-state index in [1.165, 1.54) is 18.2 Å². The zero-order valence-corrected chi connectivity index (χ0v) is 21.3. The highest BCUT2D eigenvalue weighted by Crippen LogP contribution is 2.37. The fraction of sp³-hybridized carbons (Fsp3) is 0.333. The van der Waals surface area contributed by atoms with Crippen molar-refractivity contribution in [3.8, 4) is 5.75 Å². The van der Waals surface area contributed by atoms with E-state index in [-0.39, 0.29) is 29.2 Å². The second-order valence-corrected chi connectivity index (χ2v) is 10.3. The van der Waals surface area contributed by atoms with E-state index in [1.807, 2.05) is 36.4 Å². The number of quaternary nitrogens is 1. The summed E-state index contributed by atoms with van der Waals surface area (Å²) in [5.74, 6) is -0.624. The Morgan fingerprint density at radius 3 is 2.26 bits per heavy atom. The third-order valence-electron chi connectivity index (χ3n) is 7.63. The number of nitrogens with one attached hydrogen (secondary N) is 1. The molecule has 6 nitrogen and oxygen atoms in total. The molecule has 3 aliphatic rings. The molecule has 1 unspecified atom stereocenters. The zero-order valence-electron chi connectivity index (χ0n) is 21.3. The third kappa shape index (κ3) is 6.60. The summed E-state index contributed by atoms with van der Waals surface area (Å²) >= 11 is 0. The number of hydrogen-bond donors (Lipinski definition) is 1. The number of fused-ring (bicyclic) bond motifs is 3. The average molecular weight is 540 g/mol. The van der Waals surface area contributed by atoms with Crippen molar-refractivity contribution in [1.82, 2.24) is 0 Å². The van der Waals surface area contributed by atoms with Gasteiger partial charge < -0.3 is 19.3 Å². The van der Waals surface area contributed by atoms with Gasteiger partial charge in [-0.25, -0.2) is 4.79 Å². The maximum absolute atomic E-state index is 13.6. The number of alkyl halides is 3. The number of esters is 1. The molecule has 0 aliphatic carbocycles. The fourth-order valence-corrected chi connectivity index (χ4v) is 5.69. The van der Waals surface area contributed by atoms with Gasteiger partial charge in [-0.2, -0.15) is 0 Å². The molecule has 0 amide bonds. The maximum atomic E-state index is 13.6. The molecule has 0 radical (unpaired) electrons. The predicted octanol–water partition coefficient (Wildman–Crippen LogP) is 5.77. The summed E-state index contributed by atoms with van der Waals surface area (Å²) < 4.78 is 48.9. The Balaban J connectivity index is 1.32. The van der Waals surface area contributed by atoms with Gasteiger partial charge >= 0.3 is 12.3 Å². The minimum Gasteiger partial charge on any atom is -0.454 e. The first-order valence-corrected chi connectivity index (χ1v) is 13.0. The van der Waals surface area contributed by atoms with Crippen molar-refractivity contribution in [3.63, 3.8) is 0 Å². The number of halogens is 3. The Bertz CT molecular complexity index is 1290. The number of Topliss-reactive ketones (excluding diaryl/α,β-unsaturated/α-hetero) is 1. The quantitative estimate of drug-likeness (QED) is 0.212. The maximum Gasteiger partial charge on any atom is 0.573 e. The minimum absolute atomic E-state index is 0.0748. The fourth-order valence-electron chi connectivity index (χ4n) is 5.69. The molecular formula is C30H30F3N2O4+. The minimum atomic E-state index is -4.83. The molecule has 0 aromatic heterocycles. The van der Waals surface area contributed by atoms with Crippen LogP contribution in [0.2, 0.25) is 0 Å². The van der Waals surface area contributed by atoms with E-state index < -0.39 is 18.4 Å². The number of anilines is 1. The molecule has 2 atom stereocenters. The number of nitrogens with zero attached hydrogens (tertiary/aromatic N) is 1. The van der Waals surface area contributed by atoms with Crippen molar-refractivity contribution in [1.29, 1.82) is 0 Å². The van der Waals surface area contributed by atoms with E-state index in [0.717, 1.165) is 25.9 Å². The molecule has 3 aliphatic heterocycles. The molecule has 3 aromatic carbocycles. The second-order valence-electron chi connectivity index (χ2n) is 10.3. The summed E-state index contributed by atoms with van der Waals surface area (Å²) in [5, 5.41) is 3.04. The van der Waals surface area contributed by atoms with Crippen molar-refractivity contribution in [2.75, 3.05) is 31.5 Å². The molecule has 9 heteroatoms. The molecule has 0 saturated carbocycles. The van der Waals surface area contributed by atoms with Crippen LogP contribution in [0.4, 0.5) is 18.9 Å². The van der Waals surface area contributed by atoms with Gasteiger partial charge in [-0.15, -0.1) is 13.2 Å². The van der Waals surface area contributed by atoms with E-state index in [4.69, 9.17) is 4.74 Å². The summed E-state index contributed by atoms with van der Waals surface area (Å²) in [6.07, 6.45) is -3.45. The number of carbonyl (C=O) groups is 2. The van der Waals surface area contributed by atoms with Crippen molar-refractivity contribution in [3.05, 3.63) is 96.1 Å². The van der Waals surface area contributed by atoms with E-state index in [9.17, 15) is 22.8 Å². The molecule has 1 N–H and O–H groups in total. The van der Waals surface area contributed by atoms with Crippen LogP contribution >= 0.6 is 0 Å². The van der Waals surface area contributed by atoms with Gasteiger partial charge in [-0.1, -0.05) is 66.7 Å². The number of piperidine rings is 3. The van der Waals surface area contributed by atoms with Crippen LogP contribution in [0.25, 0.3) is 0 Å². The number of benzene rings is 3. The number of carbonyl (C=O) groups excluding carboxylic acids is 2. The Hall–Kier alpha value is -3.85. The van der Waals surface area contributed by atoms with Crippen LogP contribution < -0.4 is 10.1 Å². The Labute approximate surface area is 224 Å². The molecule has 204 valence electrons. The van der Waals surface area contributed by atoms with E-state index in [2.05, 4.69) is 10.1 Å². The lowest BCUT2D eigenvalue weighted by Gasteiger charge is -2.51. The lowest BCUT2D eigenvalue weighted by Crippen LogP contribution is -2.65. The lowest BCUT2D eigenvalue weighted by atomic mass is 9.82. The van der Waals surface area contributed by atoms with E-state index >= 15 is 0 Å². The number of ketones is 1. The van der Waals surface area contributed by atoms with Crippen LogP contribution in [0.15, 0.2) is 84.9 Å². The normalized spacial score (nSPS) is 23.1. The van der Waals surface area contributed by atoms with Crippen LogP contribution in [0.5, 0.6) is 5.75 Å². The molecule has 2 bridgehead atoms. The predicted molar refractivity (Wildman–Crippen MR) is 139 cm³/mol. The third-order valence-corrected chi connectivity index (χ3v) is 7.63. The largest absolute Gasteiger partial charge is 0.573 e. The highest BCUT2D eigenvalue weighted by Gasteiger charge is 2.49. The van der Waals surface area contributed by atoms with Gasteiger partial charge in [0.15, 0.2) is 12.1 Å². The first-order valence-electron chi connectivity index (χ1n) is 13.0. The molecule has 3 saturated heterocycles. The van der Waals surface area contributed by atoms with Gasteiger partial charge in [-0.3, -0.25) is 4.79 Å². The van der Waals surface area contributed by atoms with Gasteiger partial charge in [0, 0.05) is 36.1 Å². The van der Waals surface area contributed by atoms with Crippen molar-refractivity contribution >= 4 is 17.4 Å². The molecular weight excluding hydrogens is 509 g/mol. The van der Waals surface area contributed by atoms with Crippen LogP contribution in [-0.4, -0.2) is 54.9 Å². The summed E-state index contributed by atoms with van der Waals surface area (Å²) in [7, 11) is 0. The van der Waals surface area contributed by atoms with Gasteiger partial charge in [0.1, 0.15) is 18.8 Å². The highest BCUT2D eigenvalue weighted by molar-refractivity contribution is 5.97. The lowest BCUT2D eigenvalue weighted by molar-refractivity contribution is -0.938. The standard InChI is InChI=1S/C30H30F3N2O4/c31-30(32,33)39-25-13-7-12-24(18-25)34-28(23-10-5-2-6-11-23)29(37)38-27-20-35(16-14-22(27)15-17-35)19-26(36)21-8-3-1-4-9-21/h1-13,18,22,27-28,34H,14-17,19-20H2/q+1/t22?,27-,28?,35?/m0/s1. The summed E-state index contributed by atoms with van der Waals surface area (Å²) in [6, 6.07) is 22.5. The van der Waals surface area contributed by atoms with Crippen molar-refractivity contribution < 1.29 is 36.7 Å². The van der Waals surface area contributed by atoms with Gasteiger partial charge in [0.25, 0.3) is 0 Å². The second kappa shape index (κ2) is 11.1. The Morgan fingerprint density at radius 2 is 1.59 bits per heavy atom.